The summed E-state index contributed by atoms with van der Waals surface area (Å²) in [5.74, 6) is 1.97. The fourth-order valence-corrected chi connectivity index (χ4v) is 6.36. The molecule has 4 rings (SSSR count). The number of nitrogens with zero attached hydrogens (tertiary/aromatic N) is 3. The smallest absolute Gasteiger partial charge is 0.281 e. The summed E-state index contributed by atoms with van der Waals surface area (Å²) in [5, 5.41) is 0.149. The Morgan fingerprint density at radius 3 is 2.40 bits per heavy atom. The quantitative estimate of drug-likeness (QED) is 0.187. The topological polar surface area (TPSA) is 93.6 Å². The van der Waals surface area contributed by atoms with E-state index in [0.717, 1.165) is 33.7 Å². The Hall–Kier alpha value is -3.63. The molecular weight excluding hydrogens is 569 g/mol. The highest BCUT2D eigenvalue weighted by Crippen LogP contribution is 2.45. The van der Waals surface area contributed by atoms with Crippen molar-refractivity contribution in [3.8, 4) is 33.2 Å². The summed E-state index contributed by atoms with van der Waals surface area (Å²) in [6.07, 6.45) is 0.858. The molecule has 0 bridgehead atoms. The molecule has 8 nitrogen and oxygen atoms in total. The Morgan fingerprint density at radius 2 is 1.71 bits per heavy atom. The van der Waals surface area contributed by atoms with Gasteiger partial charge in [0.15, 0.2) is 10.2 Å². The maximum atomic E-state index is 13.4. The predicted molar refractivity (Wildman–Crippen MR) is 172 cm³/mol. The van der Waals surface area contributed by atoms with E-state index in [1.165, 1.54) is 17.4 Å². The number of hydrogen-bond acceptors (Lipinski definition) is 8. The van der Waals surface area contributed by atoms with Crippen LogP contribution in [0.3, 0.4) is 0 Å². The first-order valence-corrected chi connectivity index (χ1v) is 16.2. The molecule has 0 spiro atoms. The number of nitrogens with one attached hydrogen (secondary N) is 1. The Balaban J connectivity index is 1.80. The van der Waals surface area contributed by atoms with E-state index in [1.54, 1.807) is 17.0 Å². The van der Waals surface area contributed by atoms with Crippen molar-refractivity contribution in [2.45, 2.75) is 59.1 Å². The van der Waals surface area contributed by atoms with Gasteiger partial charge in [0.1, 0.15) is 17.3 Å². The highest BCUT2D eigenvalue weighted by Gasteiger charge is 2.25. The van der Waals surface area contributed by atoms with Crippen LogP contribution in [0.4, 0.5) is 10.9 Å². The molecule has 0 fully saturated rings. The van der Waals surface area contributed by atoms with E-state index >= 15 is 0 Å². The molecule has 0 saturated carbocycles. The summed E-state index contributed by atoms with van der Waals surface area (Å²) in [7, 11) is -0.384. The summed E-state index contributed by atoms with van der Waals surface area (Å²) in [5.41, 5.74) is 3.44. The van der Waals surface area contributed by atoms with Gasteiger partial charge in [-0.3, -0.25) is 4.72 Å². The Labute approximate surface area is 253 Å². The van der Waals surface area contributed by atoms with Gasteiger partial charge in [-0.15, -0.1) is 0 Å². The second kappa shape index (κ2) is 12.7. The molecule has 0 aliphatic heterocycles. The minimum atomic E-state index is -4.01. The van der Waals surface area contributed by atoms with E-state index in [-0.39, 0.29) is 21.7 Å². The third-order valence-electron chi connectivity index (χ3n) is 6.34. The number of rotatable bonds is 11. The highest BCUT2D eigenvalue weighted by molar-refractivity contribution is 7.92. The van der Waals surface area contributed by atoms with Crippen LogP contribution in [-0.4, -0.2) is 45.2 Å². The van der Waals surface area contributed by atoms with E-state index in [9.17, 15) is 8.42 Å². The SMILES string of the molecule is Cc1cccc(OC(C)C)c1-c1nc(NS(=O)(=O)c2cccc(N(C)C)n2)sc1-c1cccc(OCCC(C)(C)C)c1. The lowest BCUT2D eigenvalue weighted by atomic mass is 9.93. The van der Waals surface area contributed by atoms with Crippen molar-refractivity contribution in [1.29, 1.82) is 0 Å². The van der Waals surface area contributed by atoms with Gasteiger partial charge in [-0.25, -0.2) is 9.97 Å². The number of benzene rings is 2. The molecule has 10 heteroatoms. The summed E-state index contributed by atoms with van der Waals surface area (Å²) < 4.78 is 41.8. The van der Waals surface area contributed by atoms with Gasteiger partial charge < -0.3 is 14.4 Å². The molecule has 0 saturated heterocycles. The molecule has 0 aliphatic rings. The zero-order chi connectivity index (χ0) is 30.7. The standard InChI is InChI=1S/C32H40N4O4S2/c1-21(2)40-25-15-9-12-22(3)28(25)29-30(23-13-10-14-24(20-23)39-19-18-32(4,5)6)41-31(34-29)35-42(37,38)27-17-11-16-26(33-27)36(7)8/h9-17,20-21H,18-19H2,1-8H3,(H,34,35). The summed E-state index contributed by atoms with van der Waals surface area (Å²) >= 11 is 1.26. The van der Waals surface area contributed by atoms with Crippen molar-refractivity contribution in [2.75, 3.05) is 30.3 Å². The number of aryl methyl sites for hydroxylation is 1. The summed E-state index contributed by atoms with van der Waals surface area (Å²) in [4.78, 5) is 11.7. The predicted octanol–water partition coefficient (Wildman–Crippen LogP) is 7.65. The van der Waals surface area contributed by atoms with Crippen molar-refractivity contribution in [3.05, 3.63) is 66.2 Å². The maximum Gasteiger partial charge on any atom is 0.281 e. The van der Waals surface area contributed by atoms with E-state index in [4.69, 9.17) is 14.5 Å². The minimum Gasteiger partial charge on any atom is -0.494 e. The maximum absolute atomic E-state index is 13.4. The molecule has 0 radical (unpaired) electrons. The first kappa shape index (κ1) is 31.3. The fraction of sp³-hybridized carbons (Fsp3) is 0.375. The first-order chi connectivity index (χ1) is 19.7. The lowest BCUT2D eigenvalue weighted by molar-refractivity contribution is 0.243. The molecule has 1 N–H and O–H groups in total. The number of pyridine rings is 1. The molecule has 42 heavy (non-hydrogen) atoms. The van der Waals surface area contributed by atoms with Crippen LogP contribution in [0.15, 0.2) is 65.7 Å². The largest absolute Gasteiger partial charge is 0.494 e. The second-order valence-electron chi connectivity index (χ2n) is 11.8. The zero-order valence-electron chi connectivity index (χ0n) is 25.6. The average Bonchev–Trinajstić information content (AvgIpc) is 3.30. The van der Waals surface area contributed by atoms with Crippen molar-refractivity contribution in [3.63, 3.8) is 0 Å². The van der Waals surface area contributed by atoms with Gasteiger partial charge in [0.05, 0.1) is 23.3 Å². The number of hydrogen-bond donors (Lipinski definition) is 1. The van der Waals surface area contributed by atoms with Gasteiger partial charge in [-0.05, 0) is 74.1 Å². The number of sulfonamides is 1. The van der Waals surface area contributed by atoms with Crippen molar-refractivity contribution in [2.24, 2.45) is 5.41 Å². The van der Waals surface area contributed by atoms with Crippen LogP contribution in [-0.2, 0) is 10.0 Å². The molecule has 4 aromatic rings. The number of ether oxygens (including phenoxy) is 2. The fourth-order valence-electron chi connectivity index (χ4n) is 4.20. The van der Waals surface area contributed by atoms with Crippen LogP contribution in [0.1, 0.15) is 46.6 Å². The van der Waals surface area contributed by atoms with Gasteiger partial charge in [0, 0.05) is 19.7 Å². The Morgan fingerprint density at radius 1 is 1.00 bits per heavy atom. The normalized spacial score (nSPS) is 11.9. The molecule has 2 aromatic carbocycles. The lowest BCUT2D eigenvalue weighted by Gasteiger charge is -2.18. The van der Waals surface area contributed by atoms with Crippen molar-refractivity contribution >= 4 is 32.3 Å². The molecule has 0 aliphatic carbocycles. The molecule has 0 amide bonds. The molecule has 0 unspecified atom stereocenters. The molecule has 0 atom stereocenters. The third-order valence-corrected chi connectivity index (χ3v) is 8.73. The van der Waals surface area contributed by atoms with Gasteiger partial charge >= 0.3 is 0 Å². The van der Waals surface area contributed by atoms with Crippen LogP contribution in [0.2, 0.25) is 0 Å². The van der Waals surface area contributed by atoms with Gasteiger partial charge in [0.25, 0.3) is 10.0 Å². The van der Waals surface area contributed by atoms with E-state index < -0.39 is 10.0 Å². The molecule has 224 valence electrons. The number of anilines is 2. The van der Waals surface area contributed by atoms with E-state index in [1.807, 2.05) is 77.3 Å². The number of thiazole rings is 1. The highest BCUT2D eigenvalue weighted by atomic mass is 32.2. The summed E-state index contributed by atoms with van der Waals surface area (Å²) in [6, 6.07) is 18.6. The van der Waals surface area contributed by atoms with E-state index in [0.29, 0.717) is 23.9 Å². The van der Waals surface area contributed by atoms with Gasteiger partial charge in [0.2, 0.25) is 0 Å². The van der Waals surface area contributed by atoms with Gasteiger partial charge in [-0.2, -0.15) is 8.42 Å². The minimum absolute atomic E-state index is 0.0554. The molecular formula is C32H40N4O4S2. The monoisotopic (exact) mass is 608 g/mol. The van der Waals surface area contributed by atoms with Crippen LogP contribution in [0.25, 0.3) is 21.7 Å². The van der Waals surface area contributed by atoms with Crippen LogP contribution < -0.4 is 19.1 Å². The first-order valence-electron chi connectivity index (χ1n) is 13.9. The van der Waals surface area contributed by atoms with Crippen molar-refractivity contribution in [1.82, 2.24) is 9.97 Å². The lowest BCUT2D eigenvalue weighted by Crippen LogP contribution is -2.17. The zero-order valence-corrected chi connectivity index (χ0v) is 27.2. The Bertz CT molecular complexity index is 1640. The average molecular weight is 609 g/mol. The van der Waals surface area contributed by atoms with E-state index in [2.05, 4.69) is 30.5 Å². The van der Waals surface area contributed by atoms with Crippen LogP contribution >= 0.6 is 11.3 Å². The van der Waals surface area contributed by atoms with Crippen molar-refractivity contribution < 1.29 is 17.9 Å². The molecule has 2 aromatic heterocycles. The Kier molecular flexibility index (Phi) is 9.47. The van der Waals surface area contributed by atoms with Gasteiger partial charge in [-0.1, -0.05) is 62.4 Å². The number of aromatic nitrogens is 2. The molecule has 2 heterocycles. The third kappa shape index (κ3) is 7.80. The van der Waals surface area contributed by atoms with Crippen LogP contribution in [0.5, 0.6) is 11.5 Å². The second-order valence-corrected chi connectivity index (χ2v) is 14.5. The summed E-state index contributed by atoms with van der Waals surface area (Å²) in [6.45, 7) is 13.1. The van der Waals surface area contributed by atoms with Crippen LogP contribution in [0, 0.1) is 12.3 Å².